The van der Waals surface area contributed by atoms with Gasteiger partial charge < -0.3 is 11.1 Å². The SMILES string of the molecule is CCc1[nH]nc(C(=O)Nc2c(C)nn(C)c2C)c1N. The molecule has 2 aromatic heterocycles. The Bertz CT molecular complexity index is 624. The lowest BCUT2D eigenvalue weighted by Crippen LogP contribution is -2.15. The van der Waals surface area contributed by atoms with Gasteiger partial charge in [0.15, 0.2) is 5.69 Å². The van der Waals surface area contributed by atoms with Gasteiger partial charge in [0.05, 0.1) is 28.5 Å². The van der Waals surface area contributed by atoms with Crippen molar-refractivity contribution in [3.63, 3.8) is 0 Å². The molecular formula is C12H18N6O. The van der Waals surface area contributed by atoms with Crippen molar-refractivity contribution in [3.8, 4) is 0 Å². The molecule has 2 rings (SSSR count). The Morgan fingerprint density at radius 2 is 2.16 bits per heavy atom. The Hall–Kier alpha value is -2.31. The molecule has 4 N–H and O–H groups in total. The van der Waals surface area contributed by atoms with Crippen LogP contribution < -0.4 is 11.1 Å². The van der Waals surface area contributed by atoms with Gasteiger partial charge in [-0.1, -0.05) is 6.92 Å². The number of aromatic nitrogens is 4. The van der Waals surface area contributed by atoms with E-state index in [1.165, 1.54) is 0 Å². The summed E-state index contributed by atoms with van der Waals surface area (Å²) in [4.78, 5) is 12.2. The van der Waals surface area contributed by atoms with Crippen LogP contribution >= 0.6 is 0 Å². The predicted molar refractivity (Wildman–Crippen MR) is 73.0 cm³/mol. The zero-order valence-electron chi connectivity index (χ0n) is 11.5. The van der Waals surface area contributed by atoms with Gasteiger partial charge in [0.25, 0.3) is 5.91 Å². The van der Waals surface area contributed by atoms with E-state index in [2.05, 4.69) is 20.6 Å². The van der Waals surface area contributed by atoms with E-state index >= 15 is 0 Å². The minimum atomic E-state index is -0.326. The van der Waals surface area contributed by atoms with Crippen molar-refractivity contribution in [2.45, 2.75) is 27.2 Å². The van der Waals surface area contributed by atoms with E-state index in [1.807, 2.05) is 27.8 Å². The fraction of sp³-hybridized carbons (Fsp3) is 0.417. The molecule has 0 spiro atoms. The van der Waals surface area contributed by atoms with Gasteiger partial charge in [-0.15, -0.1) is 0 Å². The molecule has 0 saturated carbocycles. The van der Waals surface area contributed by atoms with Crippen molar-refractivity contribution in [2.75, 3.05) is 11.1 Å². The number of hydrogen-bond donors (Lipinski definition) is 3. The maximum atomic E-state index is 12.2. The van der Waals surface area contributed by atoms with Crippen LogP contribution in [0.4, 0.5) is 11.4 Å². The van der Waals surface area contributed by atoms with E-state index in [1.54, 1.807) is 4.68 Å². The minimum absolute atomic E-state index is 0.222. The summed E-state index contributed by atoms with van der Waals surface area (Å²) in [6.45, 7) is 5.68. The van der Waals surface area contributed by atoms with Crippen LogP contribution in [0.25, 0.3) is 0 Å². The Kier molecular flexibility index (Phi) is 3.28. The first-order chi connectivity index (χ1) is 8.95. The summed E-state index contributed by atoms with van der Waals surface area (Å²) >= 11 is 0. The predicted octanol–water partition coefficient (Wildman–Crippen LogP) is 1.16. The van der Waals surface area contributed by atoms with Crippen molar-refractivity contribution in [1.29, 1.82) is 0 Å². The van der Waals surface area contributed by atoms with Crippen LogP contribution in [0.15, 0.2) is 0 Å². The normalized spacial score (nSPS) is 10.7. The highest BCUT2D eigenvalue weighted by Crippen LogP contribution is 2.21. The first kappa shape index (κ1) is 13.1. The molecule has 0 fully saturated rings. The van der Waals surface area contributed by atoms with Gasteiger partial charge in [0.2, 0.25) is 0 Å². The molecule has 0 aliphatic heterocycles. The van der Waals surface area contributed by atoms with Crippen molar-refractivity contribution < 1.29 is 4.79 Å². The van der Waals surface area contributed by atoms with Gasteiger partial charge in [-0.05, 0) is 20.3 Å². The highest BCUT2D eigenvalue weighted by atomic mass is 16.2. The van der Waals surface area contributed by atoms with Crippen molar-refractivity contribution in [3.05, 3.63) is 22.8 Å². The van der Waals surface area contributed by atoms with Crippen LogP contribution in [-0.2, 0) is 13.5 Å². The lowest BCUT2D eigenvalue weighted by Gasteiger charge is -2.04. The van der Waals surface area contributed by atoms with Crippen molar-refractivity contribution in [2.24, 2.45) is 7.05 Å². The van der Waals surface area contributed by atoms with Crippen molar-refractivity contribution >= 4 is 17.3 Å². The summed E-state index contributed by atoms with van der Waals surface area (Å²) in [7, 11) is 1.83. The maximum absolute atomic E-state index is 12.2. The van der Waals surface area contributed by atoms with E-state index in [0.29, 0.717) is 17.8 Å². The average Bonchev–Trinajstić information content (AvgIpc) is 2.85. The molecule has 7 heteroatoms. The summed E-state index contributed by atoms with van der Waals surface area (Å²) in [6, 6.07) is 0. The number of nitrogens with zero attached hydrogens (tertiary/aromatic N) is 3. The fourth-order valence-electron chi connectivity index (χ4n) is 1.96. The topological polar surface area (TPSA) is 102 Å². The number of aromatic amines is 1. The molecule has 0 unspecified atom stereocenters. The molecule has 7 nitrogen and oxygen atoms in total. The first-order valence-electron chi connectivity index (χ1n) is 6.10. The molecule has 19 heavy (non-hydrogen) atoms. The third-order valence-electron chi connectivity index (χ3n) is 3.20. The lowest BCUT2D eigenvalue weighted by molar-refractivity contribution is 0.102. The van der Waals surface area contributed by atoms with E-state index in [0.717, 1.165) is 17.1 Å². The Labute approximate surface area is 111 Å². The van der Waals surface area contributed by atoms with Gasteiger partial charge in [-0.3, -0.25) is 14.6 Å². The highest BCUT2D eigenvalue weighted by molar-refractivity contribution is 6.07. The first-order valence-corrected chi connectivity index (χ1v) is 6.10. The van der Waals surface area contributed by atoms with Crippen LogP contribution in [0.1, 0.15) is 34.5 Å². The summed E-state index contributed by atoms with van der Waals surface area (Å²) in [5, 5.41) is 13.8. The number of aryl methyl sites for hydroxylation is 3. The smallest absolute Gasteiger partial charge is 0.278 e. The second-order valence-electron chi connectivity index (χ2n) is 4.44. The largest absolute Gasteiger partial charge is 0.395 e. The second-order valence-corrected chi connectivity index (χ2v) is 4.44. The van der Waals surface area contributed by atoms with Gasteiger partial charge in [-0.2, -0.15) is 10.2 Å². The van der Waals surface area contributed by atoms with Crippen molar-refractivity contribution in [1.82, 2.24) is 20.0 Å². The van der Waals surface area contributed by atoms with E-state index < -0.39 is 0 Å². The number of hydrogen-bond acceptors (Lipinski definition) is 4. The molecule has 0 aromatic carbocycles. The standard InChI is InChI=1S/C12H18N6O/c1-5-8-9(13)11(16-15-8)12(19)14-10-6(2)17-18(4)7(10)3/h5,13H2,1-4H3,(H,14,19)(H,15,16). The molecule has 0 radical (unpaired) electrons. The summed E-state index contributed by atoms with van der Waals surface area (Å²) < 4.78 is 1.72. The number of nitrogens with two attached hydrogens (primary N) is 1. The molecule has 2 heterocycles. The molecule has 0 bridgehead atoms. The second kappa shape index (κ2) is 4.75. The Morgan fingerprint density at radius 1 is 1.47 bits per heavy atom. The average molecular weight is 262 g/mol. The fourth-order valence-corrected chi connectivity index (χ4v) is 1.96. The third-order valence-corrected chi connectivity index (χ3v) is 3.20. The highest BCUT2D eigenvalue weighted by Gasteiger charge is 2.19. The van der Waals surface area contributed by atoms with E-state index in [4.69, 9.17) is 5.73 Å². The van der Waals surface area contributed by atoms with Crippen LogP contribution in [0, 0.1) is 13.8 Å². The molecule has 0 aliphatic carbocycles. The molecule has 0 aliphatic rings. The van der Waals surface area contributed by atoms with Gasteiger partial charge in [-0.25, -0.2) is 0 Å². The van der Waals surface area contributed by atoms with Crippen LogP contribution in [0.2, 0.25) is 0 Å². The number of anilines is 2. The molecule has 2 aromatic rings. The number of nitrogen functional groups attached to an aromatic ring is 1. The van der Waals surface area contributed by atoms with E-state index in [9.17, 15) is 4.79 Å². The quantitative estimate of drug-likeness (QED) is 0.772. The zero-order valence-corrected chi connectivity index (χ0v) is 11.5. The molecule has 102 valence electrons. The van der Waals surface area contributed by atoms with E-state index in [-0.39, 0.29) is 11.6 Å². The van der Waals surface area contributed by atoms with Gasteiger partial charge >= 0.3 is 0 Å². The lowest BCUT2D eigenvalue weighted by atomic mass is 10.2. The summed E-state index contributed by atoms with van der Waals surface area (Å²) in [6.07, 6.45) is 0.705. The number of amides is 1. The molecule has 0 atom stereocenters. The summed E-state index contributed by atoms with van der Waals surface area (Å²) in [5.41, 5.74) is 9.62. The van der Waals surface area contributed by atoms with Crippen LogP contribution in [-0.4, -0.2) is 25.9 Å². The monoisotopic (exact) mass is 262 g/mol. The van der Waals surface area contributed by atoms with Crippen LogP contribution in [0.3, 0.4) is 0 Å². The molecule has 1 amide bonds. The molecular weight excluding hydrogens is 244 g/mol. The number of carbonyl (C=O) groups excluding carboxylic acids is 1. The maximum Gasteiger partial charge on any atom is 0.278 e. The van der Waals surface area contributed by atoms with Gasteiger partial charge in [0.1, 0.15) is 0 Å². The molecule has 0 saturated heterocycles. The number of nitrogens with one attached hydrogen (secondary N) is 2. The van der Waals surface area contributed by atoms with Crippen LogP contribution in [0.5, 0.6) is 0 Å². The van der Waals surface area contributed by atoms with Gasteiger partial charge in [0, 0.05) is 7.05 Å². The Balaban J connectivity index is 2.28. The minimum Gasteiger partial charge on any atom is -0.395 e. The number of H-pyrrole nitrogens is 1. The summed E-state index contributed by atoms with van der Waals surface area (Å²) in [5.74, 6) is -0.326. The third kappa shape index (κ3) is 2.18. The zero-order chi connectivity index (χ0) is 14.2. The number of rotatable bonds is 3. The number of carbonyl (C=O) groups is 1. The Morgan fingerprint density at radius 3 is 2.63 bits per heavy atom.